The number of piperazine rings is 1. The molecule has 0 aromatic heterocycles. The monoisotopic (exact) mass is 290 g/mol. The molecule has 1 aliphatic rings. The molecule has 1 aliphatic heterocycles. The van der Waals surface area contributed by atoms with Gasteiger partial charge in [0.15, 0.2) is 0 Å². The highest BCUT2D eigenvalue weighted by Crippen LogP contribution is 2.33. The minimum absolute atomic E-state index is 0.167. The van der Waals surface area contributed by atoms with Crippen molar-refractivity contribution in [3.8, 4) is 0 Å². The van der Waals surface area contributed by atoms with Crippen LogP contribution in [-0.2, 0) is 6.18 Å². The van der Waals surface area contributed by atoms with Gasteiger partial charge in [0, 0.05) is 37.8 Å². The third kappa shape index (κ3) is 3.30. The van der Waals surface area contributed by atoms with E-state index in [1.54, 1.807) is 0 Å². The van der Waals surface area contributed by atoms with Crippen molar-refractivity contribution in [2.75, 3.05) is 26.2 Å². The largest absolute Gasteiger partial charge is 0.416 e. The van der Waals surface area contributed by atoms with Crippen LogP contribution in [0.2, 0.25) is 0 Å². The zero-order valence-electron chi connectivity index (χ0n) is 11.3. The molecule has 0 radical (unpaired) electrons. The molecule has 0 unspecified atom stereocenters. The molecular formula is C14H18F4N2. The minimum Gasteiger partial charge on any atom is -0.314 e. The Balaban J connectivity index is 2.26. The lowest BCUT2D eigenvalue weighted by Crippen LogP contribution is -2.45. The van der Waals surface area contributed by atoms with Crippen LogP contribution in [0.4, 0.5) is 17.6 Å². The predicted octanol–water partition coefficient (Wildman–Crippen LogP) is 3.20. The van der Waals surface area contributed by atoms with Crippen LogP contribution >= 0.6 is 0 Å². The van der Waals surface area contributed by atoms with Crippen molar-refractivity contribution in [1.29, 1.82) is 0 Å². The van der Waals surface area contributed by atoms with Crippen molar-refractivity contribution < 1.29 is 17.6 Å². The average Bonchev–Trinajstić information content (AvgIpc) is 2.41. The summed E-state index contributed by atoms with van der Waals surface area (Å²) in [5, 5.41) is 3.20. The topological polar surface area (TPSA) is 15.3 Å². The summed E-state index contributed by atoms with van der Waals surface area (Å²) >= 11 is 0. The van der Waals surface area contributed by atoms with E-state index < -0.39 is 17.6 Å². The van der Waals surface area contributed by atoms with Crippen LogP contribution in [0.15, 0.2) is 18.2 Å². The van der Waals surface area contributed by atoms with E-state index in [1.807, 2.05) is 6.92 Å². The molecule has 0 aliphatic carbocycles. The van der Waals surface area contributed by atoms with E-state index in [-0.39, 0.29) is 6.04 Å². The fourth-order valence-electron chi connectivity index (χ4n) is 2.64. The smallest absolute Gasteiger partial charge is 0.314 e. The average molecular weight is 290 g/mol. The number of halogens is 4. The van der Waals surface area contributed by atoms with Gasteiger partial charge in [-0.15, -0.1) is 0 Å². The maximum atomic E-state index is 14.0. The fourth-order valence-corrected chi connectivity index (χ4v) is 2.64. The first-order valence-electron chi connectivity index (χ1n) is 6.75. The zero-order chi connectivity index (χ0) is 14.8. The van der Waals surface area contributed by atoms with Crippen LogP contribution in [0.5, 0.6) is 0 Å². The van der Waals surface area contributed by atoms with Crippen LogP contribution in [0.3, 0.4) is 0 Å². The maximum Gasteiger partial charge on any atom is 0.416 e. The second-order valence-corrected chi connectivity index (χ2v) is 4.94. The molecule has 2 rings (SSSR count). The van der Waals surface area contributed by atoms with Crippen molar-refractivity contribution in [3.63, 3.8) is 0 Å². The summed E-state index contributed by atoms with van der Waals surface area (Å²) in [6, 6.07) is 2.66. The standard InChI is InChI=1S/C14H18F4N2/c1-2-13(20-7-5-19-6-8-20)11-4-3-10(9-12(11)15)14(16,17)18/h3-4,9,13,19H,2,5-8H2,1H3/t13-/m1/s1. The summed E-state index contributed by atoms with van der Waals surface area (Å²) in [5.41, 5.74) is -0.587. The van der Waals surface area contributed by atoms with Crippen LogP contribution < -0.4 is 5.32 Å². The Morgan fingerprint density at radius 1 is 1.25 bits per heavy atom. The molecule has 1 aromatic carbocycles. The molecule has 0 bridgehead atoms. The molecule has 1 saturated heterocycles. The van der Waals surface area contributed by atoms with Gasteiger partial charge in [-0.1, -0.05) is 13.0 Å². The first-order valence-corrected chi connectivity index (χ1v) is 6.75. The van der Waals surface area contributed by atoms with Crippen molar-refractivity contribution in [1.82, 2.24) is 10.2 Å². The van der Waals surface area contributed by atoms with Crippen LogP contribution in [0, 0.1) is 5.82 Å². The lowest BCUT2D eigenvalue weighted by molar-refractivity contribution is -0.137. The second-order valence-electron chi connectivity index (χ2n) is 4.94. The van der Waals surface area contributed by atoms with E-state index in [1.165, 1.54) is 6.07 Å². The van der Waals surface area contributed by atoms with E-state index in [2.05, 4.69) is 10.2 Å². The lowest BCUT2D eigenvalue weighted by atomic mass is 9.99. The quantitative estimate of drug-likeness (QED) is 0.860. The van der Waals surface area contributed by atoms with Gasteiger partial charge in [0.2, 0.25) is 0 Å². The number of hydrogen-bond donors (Lipinski definition) is 1. The molecule has 20 heavy (non-hydrogen) atoms. The van der Waals surface area contributed by atoms with E-state index >= 15 is 0 Å². The molecule has 2 nitrogen and oxygen atoms in total. The van der Waals surface area contributed by atoms with E-state index in [4.69, 9.17) is 0 Å². The first-order chi connectivity index (χ1) is 9.43. The molecule has 0 spiro atoms. The molecule has 1 aromatic rings. The molecule has 1 atom stereocenters. The summed E-state index contributed by atoms with van der Waals surface area (Å²) in [4.78, 5) is 2.11. The summed E-state index contributed by atoms with van der Waals surface area (Å²) < 4.78 is 51.7. The van der Waals surface area contributed by atoms with Crippen molar-refractivity contribution in [2.45, 2.75) is 25.6 Å². The van der Waals surface area contributed by atoms with Gasteiger partial charge in [-0.05, 0) is 18.6 Å². The molecule has 6 heteroatoms. The predicted molar refractivity (Wildman–Crippen MR) is 68.9 cm³/mol. The number of rotatable bonds is 3. The number of nitrogens with zero attached hydrogens (tertiary/aromatic N) is 1. The Morgan fingerprint density at radius 2 is 1.90 bits per heavy atom. The van der Waals surface area contributed by atoms with Crippen molar-refractivity contribution in [2.24, 2.45) is 0 Å². The molecule has 0 saturated carbocycles. The zero-order valence-corrected chi connectivity index (χ0v) is 11.3. The highest BCUT2D eigenvalue weighted by atomic mass is 19.4. The SMILES string of the molecule is CC[C@H](c1ccc(C(F)(F)F)cc1F)N1CCNCC1. The van der Waals surface area contributed by atoms with Gasteiger partial charge in [-0.25, -0.2) is 4.39 Å². The van der Waals surface area contributed by atoms with Crippen LogP contribution in [0.25, 0.3) is 0 Å². The number of nitrogens with one attached hydrogen (secondary N) is 1. The van der Waals surface area contributed by atoms with Gasteiger partial charge in [-0.3, -0.25) is 4.90 Å². The maximum absolute atomic E-state index is 14.0. The van der Waals surface area contributed by atoms with Gasteiger partial charge < -0.3 is 5.32 Å². The Morgan fingerprint density at radius 3 is 2.40 bits per heavy atom. The Bertz CT molecular complexity index is 453. The summed E-state index contributed by atoms with van der Waals surface area (Å²) in [5.74, 6) is -0.773. The molecule has 112 valence electrons. The van der Waals surface area contributed by atoms with E-state index in [0.29, 0.717) is 18.1 Å². The Hall–Kier alpha value is -1.14. The highest BCUT2D eigenvalue weighted by Gasteiger charge is 2.32. The molecule has 1 heterocycles. The molecular weight excluding hydrogens is 272 g/mol. The lowest BCUT2D eigenvalue weighted by Gasteiger charge is -2.35. The molecule has 1 N–H and O–H groups in total. The number of hydrogen-bond acceptors (Lipinski definition) is 2. The second kappa shape index (κ2) is 6.10. The van der Waals surface area contributed by atoms with E-state index in [0.717, 1.165) is 32.2 Å². The summed E-state index contributed by atoms with van der Waals surface area (Å²) in [6.45, 7) is 5.11. The van der Waals surface area contributed by atoms with Gasteiger partial charge in [0.05, 0.1) is 5.56 Å². The Labute approximate surface area is 115 Å². The van der Waals surface area contributed by atoms with Crippen molar-refractivity contribution >= 4 is 0 Å². The van der Waals surface area contributed by atoms with Crippen molar-refractivity contribution in [3.05, 3.63) is 35.1 Å². The fraction of sp³-hybridized carbons (Fsp3) is 0.571. The highest BCUT2D eigenvalue weighted by molar-refractivity contribution is 5.28. The van der Waals surface area contributed by atoms with Crippen LogP contribution in [0.1, 0.15) is 30.5 Å². The number of benzene rings is 1. The first kappa shape index (κ1) is 15.3. The molecule has 0 amide bonds. The molecule has 1 fully saturated rings. The summed E-state index contributed by atoms with van der Waals surface area (Å²) in [7, 11) is 0. The van der Waals surface area contributed by atoms with E-state index in [9.17, 15) is 17.6 Å². The van der Waals surface area contributed by atoms with Crippen LogP contribution in [-0.4, -0.2) is 31.1 Å². The summed E-state index contributed by atoms with van der Waals surface area (Å²) in [6.07, 6.45) is -3.83. The number of alkyl halides is 3. The minimum atomic E-state index is -4.50. The normalized spacial score (nSPS) is 19.1. The third-order valence-electron chi connectivity index (χ3n) is 3.67. The van der Waals surface area contributed by atoms with Gasteiger partial charge in [-0.2, -0.15) is 13.2 Å². The third-order valence-corrected chi connectivity index (χ3v) is 3.67. The van der Waals surface area contributed by atoms with Gasteiger partial charge in [0.25, 0.3) is 0 Å². The van der Waals surface area contributed by atoms with Gasteiger partial charge >= 0.3 is 6.18 Å². The Kier molecular flexibility index (Phi) is 4.65. The van der Waals surface area contributed by atoms with Gasteiger partial charge in [0.1, 0.15) is 5.82 Å².